The summed E-state index contributed by atoms with van der Waals surface area (Å²) >= 11 is 0. The molecule has 6 heteroatoms. The number of ketones is 1. The van der Waals surface area contributed by atoms with Gasteiger partial charge in [0.15, 0.2) is 5.78 Å². The van der Waals surface area contributed by atoms with Gasteiger partial charge in [-0.2, -0.15) is 4.31 Å². The summed E-state index contributed by atoms with van der Waals surface area (Å²) in [6, 6.07) is 6.04. The van der Waals surface area contributed by atoms with Gasteiger partial charge in [-0.25, -0.2) is 8.42 Å². The Morgan fingerprint density at radius 1 is 1.38 bits per heavy atom. The first-order valence-corrected chi connectivity index (χ1v) is 7.97. The van der Waals surface area contributed by atoms with E-state index in [4.69, 9.17) is 5.73 Å². The molecule has 0 bridgehead atoms. The second-order valence-electron chi connectivity index (χ2n) is 5.04. The van der Waals surface area contributed by atoms with Crippen LogP contribution in [0.15, 0.2) is 53.1 Å². The highest BCUT2D eigenvalue weighted by atomic mass is 32.2. The van der Waals surface area contributed by atoms with Gasteiger partial charge in [-0.1, -0.05) is 24.3 Å². The van der Waals surface area contributed by atoms with Crippen molar-refractivity contribution < 1.29 is 13.2 Å². The van der Waals surface area contributed by atoms with Crippen molar-refractivity contribution in [3.63, 3.8) is 0 Å². The lowest BCUT2D eigenvalue weighted by molar-refractivity contribution is -0.111. The summed E-state index contributed by atoms with van der Waals surface area (Å²) in [5, 5.41) is 0. The molecule has 1 aromatic carbocycles. The molecule has 1 aliphatic heterocycles. The summed E-state index contributed by atoms with van der Waals surface area (Å²) in [5.74, 6) is -0.332. The van der Waals surface area contributed by atoms with E-state index >= 15 is 0 Å². The molecule has 1 aromatic rings. The summed E-state index contributed by atoms with van der Waals surface area (Å²) < 4.78 is 26.6. The van der Waals surface area contributed by atoms with E-state index in [1.807, 2.05) is 6.92 Å². The highest BCUT2D eigenvalue weighted by molar-refractivity contribution is 7.89. The maximum atomic E-state index is 12.7. The number of benzene rings is 1. The van der Waals surface area contributed by atoms with Crippen LogP contribution in [0.4, 0.5) is 0 Å². The number of aryl methyl sites for hydroxylation is 1. The van der Waals surface area contributed by atoms with Crippen LogP contribution in [0.25, 0.3) is 0 Å². The van der Waals surface area contributed by atoms with Gasteiger partial charge in [0.1, 0.15) is 0 Å². The average Bonchev–Trinajstić information content (AvgIpc) is 2.75. The molecule has 0 aliphatic carbocycles. The highest BCUT2D eigenvalue weighted by Gasteiger charge is 2.38. The number of sulfonamides is 1. The monoisotopic (exact) mass is 306 g/mol. The van der Waals surface area contributed by atoms with Crippen molar-refractivity contribution in [1.29, 1.82) is 0 Å². The molecule has 0 amide bonds. The van der Waals surface area contributed by atoms with Crippen LogP contribution >= 0.6 is 0 Å². The number of allylic oxidation sites excluding steroid dienone is 1. The minimum absolute atomic E-state index is 0.0198. The second-order valence-corrected chi connectivity index (χ2v) is 6.93. The van der Waals surface area contributed by atoms with Crippen LogP contribution in [0, 0.1) is 6.92 Å². The molecule has 2 rings (SSSR count). The SMILES string of the molecule is C=CC(=O)C1=C(N)[C@H](C)N(S(=O)(=O)c2ccc(C)cc2)C1. The average molecular weight is 306 g/mol. The van der Waals surface area contributed by atoms with Crippen LogP contribution in [-0.2, 0) is 14.8 Å². The van der Waals surface area contributed by atoms with Crippen molar-refractivity contribution in [2.75, 3.05) is 6.54 Å². The maximum absolute atomic E-state index is 12.7. The Balaban J connectivity index is 2.38. The lowest BCUT2D eigenvalue weighted by Gasteiger charge is -2.22. The van der Waals surface area contributed by atoms with Gasteiger partial charge in [0, 0.05) is 17.8 Å². The van der Waals surface area contributed by atoms with Crippen LogP contribution < -0.4 is 5.73 Å². The van der Waals surface area contributed by atoms with Crippen LogP contribution in [0.1, 0.15) is 12.5 Å². The summed E-state index contributed by atoms with van der Waals surface area (Å²) in [5.41, 5.74) is 7.46. The molecule has 0 spiro atoms. The Hall–Kier alpha value is -1.92. The summed E-state index contributed by atoms with van der Waals surface area (Å²) in [4.78, 5) is 11.9. The van der Waals surface area contributed by atoms with Gasteiger partial charge in [-0.3, -0.25) is 4.79 Å². The molecule has 0 saturated heterocycles. The standard InChI is InChI=1S/C15H18N2O3S/c1-4-14(18)13-9-17(11(3)15(13)16)21(19,20)12-7-5-10(2)6-8-12/h4-8,11H,1,9,16H2,2-3H3/t11-/m0/s1. The van der Waals surface area contributed by atoms with Gasteiger partial charge in [-0.05, 0) is 32.1 Å². The molecule has 0 saturated carbocycles. The van der Waals surface area contributed by atoms with Crippen LogP contribution in [0.3, 0.4) is 0 Å². The fraction of sp³-hybridized carbons (Fsp3) is 0.267. The van der Waals surface area contributed by atoms with E-state index in [2.05, 4.69) is 6.58 Å². The summed E-state index contributed by atoms with van der Waals surface area (Å²) in [7, 11) is -3.69. The van der Waals surface area contributed by atoms with Crippen LogP contribution in [0.5, 0.6) is 0 Å². The number of hydrogen-bond acceptors (Lipinski definition) is 4. The van der Waals surface area contributed by atoms with E-state index < -0.39 is 16.1 Å². The Morgan fingerprint density at radius 2 is 1.95 bits per heavy atom. The van der Waals surface area contributed by atoms with Crippen molar-refractivity contribution in [2.24, 2.45) is 5.73 Å². The minimum Gasteiger partial charge on any atom is -0.400 e. The Labute approximate surface area is 124 Å². The molecule has 5 nitrogen and oxygen atoms in total. The third kappa shape index (κ3) is 2.64. The van der Waals surface area contributed by atoms with E-state index in [1.165, 1.54) is 4.31 Å². The molecule has 0 unspecified atom stereocenters. The lowest BCUT2D eigenvalue weighted by atomic mass is 10.1. The van der Waals surface area contributed by atoms with E-state index in [1.54, 1.807) is 31.2 Å². The minimum atomic E-state index is -3.69. The van der Waals surface area contributed by atoms with E-state index in [0.717, 1.165) is 11.6 Å². The van der Waals surface area contributed by atoms with Crippen molar-refractivity contribution in [2.45, 2.75) is 24.8 Å². The second kappa shape index (κ2) is 5.46. The number of carbonyl (C=O) groups is 1. The van der Waals surface area contributed by atoms with Crippen molar-refractivity contribution in [1.82, 2.24) is 4.31 Å². The molecule has 1 heterocycles. The molecule has 2 N–H and O–H groups in total. The molecule has 1 atom stereocenters. The number of rotatable bonds is 4. The normalized spacial score (nSPS) is 19.8. The molecule has 0 radical (unpaired) electrons. The topological polar surface area (TPSA) is 80.5 Å². The number of hydrogen-bond donors (Lipinski definition) is 1. The van der Waals surface area contributed by atoms with Gasteiger partial charge in [0.05, 0.1) is 10.9 Å². The fourth-order valence-electron chi connectivity index (χ4n) is 2.27. The summed E-state index contributed by atoms with van der Waals surface area (Å²) in [6.07, 6.45) is 1.15. The van der Waals surface area contributed by atoms with Crippen molar-refractivity contribution in [3.8, 4) is 0 Å². The van der Waals surface area contributed by atoms with Crippen molar-refractivity contribution >= 4 is 15.8 Å². The van der Waals surface area contributed by atoms with E-state index in [9.17, 15) is 13.2 Å². The van der Waals surface area contributed by atoms with Gasteiger partial charge < -0.3 is 5.73 Å². The van der Waals surface area contributed by atoms with Gasteiger partial charge in [0.2, 0.25) is 10.0 Å². The summed E-state index contributed by atoms with van der Waals surface area (Å²) in [6.45, 7) is 6.95. The molecular weight excluding hydrogens is 288 g/mol. The number of nitrogens with zero attached hydrogens (tertiary/aromatic N) is 1. The predicted octanol–water partition coefficient (Wildman–Crippen LogP) is 1.36. The van der Waals surface area contributed by atoms with Crippen LogP contribution in [-0.4, -0.2) is 31.1 Å². The number of carbonyl (C=O) groups excluding carboxylic acids is 1. The Bertz CT molecular complexity index is 718. The van der Waals surface area contributed by atoms with E-state index in [-0.39, 0.29) is 22.9 Å². The fourth-order valence-corrected chi connectivity index (χ4v) is 3.85. The molecule has 1 aliphatic rings. The quantitative estimate of drug-likeness (QED) is 0.852. The highest BCUT2D eigenvalue weighted by Crippen LogP contribution is 2.28. The molecule has 0 fully saturated rings. The smallest absolute Gasteiger partial charge is 0.243 e. The zero-order valence-electron chi connectivity index (χ0n) is 12.0. The third-order valence-corrected chi connectivity index (χ3v) is 5.59. The first-order valence-electron chi connectivity index (χ1n) is 6.53. The molecule has 21 heavy (non-hydrogen) atoms. The Kier molecular flexibility index (Phi) is 4.02. The number of nitrogens with two attached hydrogens (primary N) is 1. The molecule has 0 aromatic heterocycles. The van der Waals surface area contributed by atoms with E-state index in [0.29, 0.717) is 5.57 Å². The first kappa shape index (κ1) is 15.5. The zero-order valence-corrected chi connectivity index (χ0v) is 12.9. The first-order chi connectivity index (χ1) is 9.78. The van der Waals surface area contributed by atoms with Gasteiger partial charge in [0.25, 0.3) is 0 Å². The largest absolute Gasteiger partial charge is 0.400 e. The maximum Gasteiger partial charge on any atom is 0.243 e. The van der Waals surface area contributed by atoms with Gasteiger partial charge >= 0.3 is 0 Å². The Morgan fingerprint density at radius 3 is 2.48 bits per heavy atom. The predicted molar refractivity (Wildman–Crippen MR) is 81.0 cm³/mol. The van der Waals surface area contributed by atoms with Crippen LogP contribution in [0.2, 0.25) is 0 Å². The molecule has 112 valence electrons. The van der Waals surface area contributed by atoms with Crippen molar-refractivity contribution in [3.05, 3.63) is 53.8 Å². The third-order valence-electron chi connectivity index (χ3n) is 3.65. The molecular formula is C15H18N2O3S. The zero-order chi connectivity index (χ0) is 15.8. The lowest BCUT2D eigenvalue weighted by Crippen LogP contribution is -2.37. The van der Waals surface area contributed by atoms with Gasteiger partial charge in [-0.15, -0.1) is 0 Å².